The molecule has 1 atom stereocenters. The van der Waals surface area contributed by atoms with Crippen molar-refractivity contribution < 1.29 is 33.4 Å². The van der Waals surface area contributed by atoms with Crippen LogP contribution in [0.5, 0.6) is 0 Å². The maximum Gasteiger partial charge on any atom is 0.339 e. The Morgan fingerprint density at radius 1 is 1.21 bits per heavy atom. The van der Waals surface area contributed by atoms with Crippen LogP contribution in [0.15, 0.2) is 0 Å². The average molecular weight is 297 g/mol. The Hall–Kier alpha value is -0.950. The number of carbonyl (C=O) groups excluding carboxylic acids is 2. The molecule has 0 aliphatic carbocycles. The zero-order valence-corrected chi connectivity index (χ0v) is 11.9. The summed E-state index contributed by atoms with van der Waals surface area (Å²) in [5.41, 5.74) is 0. The lowest BCUT2D eigenvalue weighted by atomic mass is 10.1. The summed E-state index contributed by atoms with van der Waals surface area (Å²) in [6, 6.07) is -0.947. The molecule has 8 nitrogen and oxygen atoms in total. The van der Waals surface area contributed by atoms with E-state index in [0.717, 1.165) is 0 Å². The van der Waals surface area contributed by atoms with Crippen molar-refractivity contribution in [1.82, 2.24) is 5.32 Å². The van der Waals surface area contributed by atoms with Gasteiger partial charge in [-0.05, 0) is 20.3 Å². The molecule has 19 heavy (non-hydrogen) atoms. The van der Waals surface area contributed by atoms with E-state index in [9.17, 15) is 14.2 Å². The molecule has 0 amide bonds. The second-order valence-electron chi connectivity index (χ2n) is 3.68. The number of rotatable bonds is 9. The first-order valence-electron chi connectivity index (χ1n) is 5.90. The van der Waals surface area contributed by atoms with Crippen LogP contribution >= 0.6 is 7.60 Å². The second kappa shape index (κ2) is 9.03. The first-order valence-corrected chi connectivity index (χ1v) is 7.70. The topological polar surface area (TPSA) is 122 Å². The number of ether oxygens (including phenoxy) is 2. The Morgan fingerprint density at radius 2 is 1.79 bits per heavy atom. The lowest BCUT2D eigenvalue weighted by Gasteiger charge is -2.17. The highest BCUT2D eigenvalue weighted by atomic mass is 31.2. The van der Waals surface area contributed by atoms with Crippen LogP contribution in [0.25, 0.3) is 0 Å². The molecule has 0 saturated carbocycles. The zero-order chi connectivity index (χ0) is 14.9. The van der Waals surface area contributed by atoms with Crippen LogP contribution in [-0.4, -0.2) is 47.3 Å². The molecule has 9 heteroatoms. The fourth-order valence-corrected chi connectivity index (χ4v) is 1.73. The molecule has 0 fully saturated rings. The maximum absolute atomic E-state index is 11.5. The van der Waals surface area contributed by atoms with Gasteiger partial charge in [-0.2, -0.15) is 0 Å². The smallest absolute Gasteiger partial charge is 0.339 e. The third-order valence-electron chi connectivity index (χ3n) is 2.06. The molecule has 1 unspecified atom stereocenters. The van der Waals surface area contributed by atoms with Gasteiger partial charge in [0.25, 0.3) is 0 Å². The average Bonchev–Trinajstić information content (AvgIpc) is 2.28. The number of hydrogen-bond acceptors (Lipinski definition) is 6. The molecule has 0 aliphatic rings. The van der Waals surface area contributed by atoms with Crippen LogP contribution in [0.3, 0.4) is 0 Å². The van der Waals surface area contributed by atoms with E-state index >= 15 is 0 Å². The molecule has 0 bridgehead atoms. The Labute approximate surface area is 111 Å². The van der Waals surface area contributed by atoms with Gasteiger partial charge in [-0.1, -0.05) is 0 Å². The van der Waals surface area contributed by atoms with Crippen molar-refractivity contribution in [3.05, 3.63) is 0 Å². The summed E-state index contributed by atoms with van der Waals surface area (Å²) in [6.45, 7) is 3.65. The van der Waals surface area contributed by atoms with E-state index in [4.69, 9.17) is 19.3 Å². The highest BCUT2D eigenvalue weighted by Crippen LogP contribution is 2.32. The minimum atomic E-state index is -4.27. The number of nitrogens with one attached hydrogen (secondary N) is 1. The molecule has 0 rings (SSSR count). The third kappa shape index (κ3) is 9.61. The molecule has 3 N–H and O–H groups in total. The second-order valence-corrected chi connectivity index (χ2v) is 5.32. The lowest BCUT2D eigenvalue weighted by molar-refractivity contribution is -0.147. The van der Waals surface area contributed by atoms with E-state index in [1.807, 2.05) is 0 Å². The predicted molar refractivity (Wildman–Crippen MR) is 66.3 cm³/mol. The zero-order valence-electron chi connectivity index (χ0n) is 11.0. The van der Waals surface area contributed by atoms with Gasteiger partial charge in [0.15, 0.2) is 0 Å². The summed E-state index contributed by atoms with van der Waals surface area (Å²) < 4.78 is 20.2. The molecule has 0 spiro atoms. The molecule has 0 radical (unpaired) electrons. The Bertz CT molecular complexity index is 341. The third-order valence-corrected chi connectivity index (χ3v) is 2.65. The van der Waals surface area contributed by atoms with Crippen LogP contribution in [0.2, 0.25) is 0 Å². The first-order chi connectivity index (χ1) is 8.80. The van der Waals surface area contributed by atoms with Gasteiger partial charge in [-0.15, -0.1) is 0 Å². The molecule has 0 aromatic rings. The summed E-state index contributed by atoms with van der Waals surface area (Å²) in [6.07, 6.45) is -0.636. The number of carbonyl (C=O) groups is 2. The largest absolute Gasteiger partial charge is 0.466 e. The fourth-order valence-electron chi connectivity index (χ4n) is 1.27. The van der Waals surface area contributed by atoms with Gasteiger partial charge < -0.3 is 19.3 Å². The summed E-state index contributed by atoms with van der Waals surface area (Å²) in [5, 5.41) is 2.40. The van der Waals surface area contributed by atoms with E-state index in [2.05, 4.69) is 5.32 Å². The van der Waals surface area contributed by atoms with Crippen molar-refractivity contribution in [3.8, 4) is 0 Å². The van der Waals surface area contributed by atoms with Crippen LogP contribution in [0, 0.1) is 0 Å². The van der Waals surface area contributed by atoms with E-state index in [0.29, 0.717) is 0 Å². The van der Waals surface area contributed by atoms with Crippen LogP contribution in [0.4, 0.5) is 0 Å². The van der Waals surface area contributed by atoms with Crippen LogP contribution in [-0.2, 0) is 23.6 Å². The summed E-state index contributed by atoms with van der Waals surface area (Å²) in [7, 11) is -4.27. The number of esters is 2. The minimum absolute atomic E-state index is 0.0362. The predicted octanol–water partition coefficient (Wildman–Crippen LogP) is -0.0138. The summed E-state index contributed by atoms with van der Waals surface area (Å²) in [5.74, 6) is -1.13. The van der Waals surface area contributed by atoms with Gasteiger partial charge in [-0.25, -0.2) is 0 Å². The van der Waals surface area contributed by atoms with E-state index in [1.165, 1.54) is 0 Å². The fraction of sp³-hybridized carbons (Fsp3) is 0.800. The number of hydrogen-bond donors (Lipinski definition) is 3. The highest BCUT2D eigenvalue weighted by molar-refractivity contribution is 7.51. The van der Waals surface area contributed by atoms with Crippen molar-refractivity contribution in [2.75, 3.05) is 19.5 Å². The van der Waals surface area contributed by atoms with Crippen molar-refractivity contribution in [2.24, 2.45) is 0 Å². The summed E-state index contributed by atoms with van der Waals surface area (Å²) in [4.78, 5) is 40.2. The standard InChI is InChI=1S/C10H20NO7P/c1-3-17-9(12)6-5-8(10(13)18-4-2)11-7-19(14,15)16/h8,11H,3-7H2,1-2H3,(H2,14,15,16). The first kappa shape index (κ1) is 18.0. The van der Waals surface area contributed by atoms with Gasteiger partial charge in [0.1, 0.15) is 6.04 Å². The Kier molecular flexibility index (Phi) is 8.58. The van der Waals surface area contributed by atoms with Crippen molar-refractivity contribution in [1.29, 1.82) is 0 Å². The quantitative estimate of drug-likeness (QED) is 0.401. The van der Waals surface area contributed by atoms with Crippen molar-refractivity contribution in [3.63, 3.8) is 0 Å². The Balaban J connectivity index is 4.37. The van der Waals surface area contributed by atoms with Crippen molar-refractivity contribution >= 4 is 19.5 Å². The lowest BCUT2D eigenvalue weighted by Crippen LogP contribution is -2.39. The van der Waals surface area contributed by atoms with E-state index in [1.54, 1.807) is 13.8 Å². The molecule has 112 valence electrons. The minimum Gasteiger partial charge on any atom is -0.466 e. The van der Waals surface area contributed by atoms with Gasteiger partial charge in [0.2, 0.25) is 0 Å². The summed E-state index contributed by atoms with van der Waals surface area (Å²) >= 11 is 0. The molecular formula is C10H20NO7P. The van der Waals surface area contributed by atoms with Crippen LogP contribution < -0.4 is 5.32 Å². The van der Waals surface area contributed by atoms with Gasteiger partial charge in [-0.3, -0.25) is 19.5 Å². The molecule has 0 aliphatic heterocycles. The molecule has 0 aromatic carbocycles. The molecule has 0 heterocycles. The highest BCUT2D eigenvalue weighted by Gasteiger charge is 2.24. The van der Waals surface area contributed by atoms with Gasteiger partial charge >= 0.3 is 19.5 Å². The molecular weight excluding hydrogens is 277 g/mol. The van der Waals surface area contributed by atoms with Crippen LogP contribution in [0.1, 0.15) is 26.7 Å². The SMILES string of the molecule is CCOC(=O)CCC(NCP(=O)(O)O)C(=O)OCC. The van der Waals surface area contributed by atoms with Crippen molar-refractivity contribution in [2.45, 2.75) is 32.7 Å². The molecule has 0 saturated heterocycles. The van der Waals surface area contributed by atoms with E-state index in [-0.39, 0.29) is 26.1 Å². The van der Waals surface area contributed by atoms with Gasteiger partial charge in [0.05, 0.1) is 19.5 Å². The monoisotopic (exact) mass is 297 g/mol. The molecule has 0 aromatic heterocycles. The normalized spacial score (nSPS) is 12.8. The Morgan fingerprint density at radius 3 is 2.26 bits per heavy atom. The van der Waals surface area contributed by atoms with E-state index < -0.39 is 31.9 Å². The maximum atomic E-state index is 11.5. The van der Waals surface area contributed by atoms with Gasteiger partial charge in [0, 0.05) is 6.42 Å².